The van der Waals surface area contributed by atoms with E-state index in [-0.39, 0.29) is 0 Å². The van der Waals surface area contributed by atoms with Crippen molar-refractivity contribution in [1.82, 2.24) is 0 Å². The highest BCUT2D eigenvalue weighted by Gasteiger charge is 2.16. The van der Waals surface area contributed by atoms with Gasteiger partial charge in [-0.3, -0.25) is 4.79 Å². The van der Waals surface area contributed by atoms with E-state index in [0.717, 1.165) is 43.4 Å². The van der Waals surface area contributed by atoms with Crippen LogP contribution in [0.4, 0.5) is 17.1 Å². The molecule has 0 amide bonds. The van der Waals surface area contributed by atoms with Crippen molar-refractivity contribution in [3.63, 3.8) is 0 Å². The number of nitrogens with zero attached hydrogens (tertiary/aromatic N) is 1. The van der Waals surface area contributed by atoms with E-state index >= 15 is 0 Å². The summed E-state index contributed by atoms with van der Waals surface area (Å²) in [5.74, 6) is 0. The highest BCUT2D eigenvalue weighted by atomic mass is 79.9. The predicted octanol–water partition coefficient (Wildman–Crippen LogP) is 8.16. The molecular weight excluding hydrogens is 490 g/mol. The molecule has 0 unspecified atom stereocenters. The molecule has 0 bridgehead atoms. The van der Waals surface area contributed by atoms with Crippen molar-refractivity contribution >= 4 is 55.2 Å². The molecule has 4 rings (SSSR count). The molecule has 0 aliphatic carbocycles. The number of rotatable bonds is 5. The van der Waals surface area contributed by atoms with Crippen molar-refractivity contribution in [1.29, 1.82) is 0 Å². The molecule has 142 valence electrons. The fourth-order valence-electron chi connectivity index (χ4n) is 3.26. The normalized spacial score (nSPS) is 10.6. The molecule has 4 aromatic carbocycles. The van der Waals surface area contributed by atoms with Crippen LogP contribution in [0, 0.1) is 0 Å². The Balaban J connectivity index is 1.90. The number of benzene rings is 4. The molecule has 0 heterocycles. The lowest BCUT2D eigenvalue weighted by molar-refractivity contribution is 0.112. The van der Waals surface area contributed by atoms with Gasteiger partial charge in [-0.2, -0.15) is 0 Å². The lowest BCUT2D eigenvalue weighted by Gasteiger charge is -2.28. The van der Waals surface area contributed by atoms with Gasteiger partial charge in [0.25, 0.3) is 0 Å². The highest BCUT2D eigenvalue weighted by Crippen LogP contribution is 2.41. The molecule has 0 aliphatic rings. The van der Waals surface area contributed by atoms with Crippen LogP contribution in [-0.4, -0.2) is 6.29 Å². The Hall–Kier alpha value is -2.69. The maximum atomic E-state index is 11.0. The first-order valence-electron chi connectivity index (χ1n) is 9.11. The van der Waals surface area contributed by atoms with Gasteiger partial charge in [0.2, 0.25) is 0 Å². The Morgan fingerprint density at radius 2 is 1.14 bits per heavy atom. The Bertz CT molecular complexity index is 1080. The Kier molecular flexibility index (Phi) is 5.93. The summed E-state index contributed by atoms with van der Waals surface area (Å²) in [6, 6.07) is 32.5. The third-order valence-electron chi connectivity index (χ3n) is 4.67. The number of carbonyl (C=O) groups excluding carboxylic acids is 1. The van der Waals surface area contributed by atoms with Crippen molar-refractivity contribution < 1.29 is 4.79 Å². The van der Waals surface area contributed by atoms with Gasteiger partial charge in [0.15, 0.2) is 0 Å². The topological polar surface area (TPSA) is 20.3 Å². The molecule has 2 nitrogen and oxygen atoms in total. The molecular formula is C25H17Br2NO. The summed E-state index contributed by atoms with van der Waals surface area (Å²) in [7, 11) is 0. The summed E-state index contributed by atoms with van der Waals surface area (Å²) in [6.45, 7) is 0. The minimum atomic E-state index is 0.670. The number of halogens is 2. The number of anilines is 3. The van der Waals surface area contributed by atoms with Gasteiger partial charge in [-0.15, -0.1) is 0 Å². The summed E-state index contributed by atoms with van der Waals surface area (Å²) < 4.78 is 2.07. The molecule has 0 radical (unpaired) electrons. The number of hydrogen-bond donors (Lipinski definition) is 0. The zero-order valence-electron chi connectivity index (χ0n) is 15.4. The molecule has 0 atom stereocenters. The van der Waals surface area contributed by atoms with Gasteiger partial charge in [0.1, 0.15) is 6.29 Å². The first-order chi connectivity index (χ1) is 14.2. The standard InChI is InChI=1S/C25H17Br2NO/c26-20-9-13-22(14-10-20)28(23-15-11-21(27)12-16-23)25-4-2-1-3-24(25)19-7-5-18(17-29)6-8-19/h1-17H. The van der Waals surface area contributed by atoms with Crippen molar-refractivity contribution in [3.8, 4) is 11.1 Å². The van der Waals surface area contributed by atoms with Gasteiger partial charge in [0, 0.05) is 31.4 Å². The minimum Gasteiger partial charge on any atom is -0.310 e. The van der Waals surface area contributed by atoms with Crippen LogP contribution in [0.5, 0.6) is 0 Å². The summed E-state index contributed by atoms with van der Waals surface area (Å²) in [6.07, 6.45) is 0.867. The smallest absolute Gasteiger partial charge is 0.150 e. The van der Waals surface area contributed by atoms with Crippen LogP contribution in [0.3, 0.4) is 0 Å². The molecule has 0 aromatic heterocycles. The van der Waals surface area contributed by atoms with Crippen LogP contribution < -0.4 is 4.90 Å². The molecule has 0 saturated heterocycles. The Morgan fingerprint density at radius 1 is 0.621 bits per heavy atom. The number of hydrogen-bond acceptors (Lipinski definition) is 2. The summed E-state index contributed by atoms with van der Waals surface area (Å²) >= 11 is 7.06. The molecule has 29 heavy (non-hydrogen) atoms. The Morgan fingerprint density at radius 3 is 1.66 bits per heavy atom. The van der Waals surface area contributed by atoms with Crippen molar-refractivity contribution in [2.75, 3.05) is 4.90 Å². The monoisotopic (exact) mass is 505 g/mol. The van der Waals surface area contributed by atoms with E-state index in [2.05, 4.69) is 73.2 Å². The SMILES string of the molecule is O=Cc1ccc(-c2ccccc2N(c2ccc(Br)cc2)c2ccc(Br)cc2)cc1. The number of carbonyl (C=O) groups is 1. The summed E-state index contributed by atoms with van der Waals surface area (Å²) in [5.41, 5.74) is 6.01. The zero-order chi connectivity index (χ0) is 20.2. The fourth-order valence-corrected chi connectivity index (χ4v) is 3.79. The average Bonchev–Trinajstić information content (AvgIpc) is 2.77. The van der Waals surface area contributed by atoms with E-state index in [9.17, 15) is 4.79 Å². The van der Waals surface area contributed by atoms with Crippen LogP contribution in [0.15, 0.2) is 106 Å². The predicted molar refractivity (Wildman–Crippen MR) is 127 cm³/mol. The number of para-hydroxylation sites is 1. The van der Waals surface area contributed by atoms with Crippen molar-refractivity contribution in [2.24, 2.45) is 0 Å². The van der Waals surface area contributed by atoms with Gasteiger partial charge in [-0.05, 0) is 60.2 Å². The first kappa shape index (κ1) is 19.6. The van der Waals surface area contributed by atoms with Gasteiger partial charge >= 0.3 is 0 Å². The van der Waals surface area contributed by atoms with E-state index in [1.165, 1.54) is 0 Å². The van der Waals surface area contributed by atoms with E-state index in [1.54, 1.807) is 0 Å². The molecule has 0 saturated carbocycles. The molecule has 0 N–H and O–H groups in total. The van der Waals surface area contributed by atoms with Gasteiger partial charge < -0.3 is 4.90 Å². The van der Waals surface area contributed by atoms with Crippen molar-refractivity contribution in [3.05, 3.63) is 112 Å². The molecule has 0 fully saturated rings. The maximum Gasteiger partial charge on any atom is 0.150 e. The third-order valence-corrected chi connectivity index (χ3v) is 5.73. The van der Waals surface area contributed by atoms with E-state index < -0.39 is 0 Å². The van der Waals surface area contributed by atoms with Gasteiger partial charge in [-0.25, -0.2) is 0 Å². The number of aldehydes is 1. The van der Waals surface area contributed by atoms with Crippen LogP contribution in [0.2, 0.25) is 0 Å². The quantitative estimate of drug-likeness (QED) is 0.254. The van der Waals surface area contributed by atoms with E-state index in [0.29, 0.717) is 5.56 Å². The van der Waals surface area contributed by atoms with Gasteiger partial charge in [0.05, 0.1) is 5.69 Å². The molecule has 4 aromatic rings. The maximum absolute atomic E-state index is 11.0. The second-order valence-corrected chi connectivity index (χ2v) is 8.38. The fraction of sp³-hybridized carbons (Fsp3) is 0. The van der Waals surface area contributed by atoms with Crippen LogP contribution >= 0.6 is 31.9 Å². The van der Waals surface area contributed by atoms with Crippen LogP contribution in [-0.2, 0) is 0 Å². The summed E-state index contributed by atoms with van der Waals surface area (Å²) in [4.78, 5) is 13.3. The van der Waals surface area contributed by atoms with E-state index in [4.69, 9.17) is 0 Å². The Labute approximate surface area is 187 Å². The highest BCUT2D eigenvalue weighted by molar-refractivity contribution is 9.10. The lowest BCUT2D eigenvalue weighted by Crippen LogP contribution is -2.11. The van der Waals surface area contributed by atoms with Gasteiger partial charge in [-0.1, -0.05) is 74.3 Å². The average molecular weight is 507 g/mol. The van der Waals surface area contributed by atoms with Crippen molar-refractivity contribution in [2.45, 2.75) is 0 Å². The molecule has 0 spiro atoms. The second-order valence-electron chi connectivity index (χ2n) is 6.55. The third kappa shape index (κ3) is 4.34. The minimum absolute atomic E-state index is 0.670. The van der Waals surface area contributed by atoms with Crippen LogP contribution in [0.1, 0.15) is 10.4 Å². The molecule has 4 heteroatoms. The lowest BCUT2D eigenvalue weighted by atomic mass is 10.0. The largest absolute Gasteiger partial charge is 0.310 e. The summed E-state index contributed by atoms with van der Waals surface area (Å²) in [5, 5.41) is 0. The second kappa shape index (κ2) is 8.76. The van der Waals surface area contributed by atoms with Crippen LogP contribution in [0.25, 0.3) is 11.1 Å². The molecule has 0 aliphatic heterocycles. The first-order valence-corrected chi connectivity index (χ1v) is 10.7. The zero-order valence-corrected chi connectivity index (χ0v) is 18.6. The van der Waals surface area contributed by atoms with E-state index in [1.807, 2.05) is 60.7 Å².